The van der Waals surface area contributed by atoms with Crippen molar-refractivity contribution < 1.29 is 14.3 Å². The summed E-state index contributed by atoms with van der Waals surface area (Å²) in [6.07, 6.45) is 5.58. The van der Waals surface area contributed by atoms with Crippen LogP contribution in [-0.4, -0.2) is 39.7 Å². The number of para-hydroxylation sites is 1. The Labute approximate surface area is 151 Å². The molecule has 1 aliphatic carbocycles. The van der Waals surface area contributed by atoms with Crippen LogP contribution in [0.5, 0.6) is 0 Å². The molecule has 1 aromatic heterocycles. The minimum absolute atomic E-state index is 0.0814. The van der Waals surface area contributed by atoms with Crippen LogP contribution in [0.3, 0.4) is 0 Å². The van der Waals surface area contributed by atoms with Crippen LogP contribution in [0.25, 0.3) is 5.69 Å². The van der Waals surface area contributed by atoms with Crippen molar-refractivity contribution in [3.8, 4) is 5.69 Å². The standard InChI is InChI=1S/C18H23N3O3S/c1-23-12-16-19-20-18(21(16)14-8-4-2-5-9-14)25-13-17(22)24-15-10-6-3-7-11-15/h2,4-5,8-9,15H,3,6-7,10-13H2,1H3. The first-order valence-electron chi connectivity index (χ1n) is 8.59. The third-order valence-corrected chi connectivity index (χ3v) is 5.06. The van der Waals surface area contributed by atoms with E-state index in [0.29, 0.717) is 17.6 Å². The van der Waals surface area contributed by atoms with Gasteiger partial charge in [0.15, 0.2) is 11.0 Å². The van der Waals surface area contributed by atoms with Crippen molar-refractivity contribution in [3.05, 3.63) is 36.2 Å². The molecule has 1 saturated carbocycles. The van der Waals surface area contributed by atoms with Gasteiger partial charge < -0.3 is 9.47 Å². The quantitative estimate of drug-likeness (QED) is 0.556. The molecule has 1 heterocycles. The Kier molecular flexibility index (Phi) is 6.47. The van der Waals surface area contributed by atoms with E-state index in [2.05, 4.69) is 10.2 Å². The lowest BCUT2D eigenvalue weighted by molar-refractivity contribution is -0.147. The number of thioether (sulfide) groups is 1. The Hall–Kier alpha value is -1.86. The van der Waals surface area contributed by atoms with Crippen molar-refractivity contribution in [2.45, 2.75) is 50.0 Å². The predicted octanol–water partition coefficient (Wildman–Crippen LogP) is 3.38. The van der Waals surface area contributed by atoms with Gasteiger partial charge in [-0.25, -0.2) is 0 Å². The third kappa shape index (κ3) is 4.83. The molecule has 0 amide bonds. The lowest BCUT2D eigenvalue weighted by Gasteiger charge is -2.21. The van der Waals surface area contributed by atoms with Crippen molar-refractivity contribution in [3.63, 3.8) is 0 Å². The molecule has 134 valence electrons. The summed E-state index contributed by atoms with van der Waals surface area (Å²) in [5, 5.41) is 9.07. The van der Waals surface area contributed by atoms with Gasteiger partial charge in [0.1, 0.15) is 12.7 Å². The summed E-state index contributed by atoms with van der Waals surface area (Å²) in [6, 6.07) is 9.83. The maximum atomic E-state index is 12.1. The average molecular weight is 361 g/mol. The molecule has 0 radical (unpaired) electrons. The molecule has 0 aliphatic heterocycles. The van der Waals surface area contributed by atoms with E-state index >= 15 is 0 Å². The molecule has 2 aromatic rings. The molecule has 0 atom stereocenters. The van der Waals surface area contributed by atoms with Gasteiger partial charge in [-0.3, -0.25) is 9.36 Å². The summed E-state index contributed by atoms with van der Waals surface area (Å²) < 4.78 is 12.7. The first kappa shape index (κ1) is 17.9. The topological polar surface area (TPSA) is 66.2 Å². The molecule has 0 saturated heterocycles. The highest BCUT2D eigenvalue weighted by Crippen LogP contribution is 2.24. The highest BCUT2D eigenvalue weighted by molar-refractivity contribution is 7.99. The van der Waals surface area contributed by atoms with Gasteiger partial charge in [-0.1, -0.05) is 36.4 Å². The van der Waals surface area contributed by atoms with Gasteiger partial charge in [-0.05, 0) is 37.8 Å². The number of hydrogen-bond acceptors (Lipinski definition) is 6. The molecule has 0 N–H and O–H groups in total. The molecule has 0 spiro atoms. The Morgan fingerprint density at radius 3 is 2.68 bits per heavy atom. The minimum atomic E-state index is -0.187. The van der Waals surface area contributed by atoms with Crippen LogP contribution in [0.2, 0.25) is 0 Å². The molecule has 25 heavy (non-hydrogen) atoms. The smallest absolute Gasteiger partial charge is 0.316 e. The largest absolute Gasteiger partial charge is 0.462 e. The molecule has 7 heteroatoms. The highest BCUT2D eigenvalue weighted by atomic mass is 32.2. The van der Waals surface area contributed by atoms with Crippen LogP contribution < -0.4 is 0 Å². The number of esters is 1. The molecule has 0 unspecified atom stereocenters. The zero-order valence-corrected chi connectivity index (χ0v) is 15.2. The van der Waals surface area contributed by atoms with E-state index in [0.717, 1.165) is 31.4 Å². The number of rotatable bonds is 7. The number of nitrogens with zero attached hydrogens (tertiary/aromatic N) is 3. The Balaban J connectivity index is 1.66. The molecular weight excluding hydrogens is 338 g/mol. The lowest BCUT2D eigenvalue weighted by atomic mass is 9.98. The third-order valence-electron chi connectivity index (χ3n) is 4.16. The highest BCUT2D eigenvalue weighted by Gasteiger charge is 2.20. The molecule has 3 rings (SSSR count). The van der Waals surface area contributed by atoms with Crippen LogP contribution in [0.15, 0.2) is 35.5 Å². The van der Waals surface area contributed by atoms with Crippen LogP contribution in [0, 0.1) is 0 Å². The summed E-state index contributed by atoms with van der Waals surface area (Å²) in [4.78, 5) is 12.1. The Morgan fingerprint density at radius 1 is 1.20 bits per heavy atom. The van der Waals surface area contributed by atoms with Gasteiger partial charge >= 0.3 is 5.97 Å². The predicted molar refractivity (Wildman–Crippen MR) is 95.8 cm³/mol. The van der Waals surface area contributed by atoms with Crippen molar-refractivity contribution in [1.29, 1.82) is 0 Å². The number of carbonyl (C=O) groups is 1. The van der Waals surface area contributed by atoms with E-state index in [-0.39, 0.29) is 17.8 Å². The second-order valence-electron chi connectivity index (χ2n) is 6.04. The van der Waals surface area contributed by atoms with E-state index in [4.69, 9.17) is 9.47 Å². The second-order valence-corrected chi connectivity index (χ2v) is 6.98. The molecule has 0 bridgehead atoms. The number of ether oxygens (including phenoxy) is 2. The molecular formula is C18H23N3O3S. The van der Waals surface area contributed by atoms with Crippen molar-refractivity contribution >= 4 is 17.7 Å². The SMILES string of the molecule is COCc1nnc(SCC(=O)OC2CCCCC2)n1-c1ccccc1. The number of methoxy groups -OCH3 is 1. The zero-order chi connectivity index (χ0) is 17.5. The summed E-state index contributed by atoms with van der Waals surface area (Å²) >= 11 is 1.34. The van der Waals surface area contributed by atoms with Gasteiger partial charge in [0.25, 0.3) is 0 Å². The summed E-state index contributed by atoms with van der Waals surface area (Å²) in [5.74, 6) is 0.749. The first-order chi connectivity index (χ1) is 12.3. The maximum absolute atomic E-state index is 12.1. The fourth-order valence-corrected chi connectivity index (χ4v) is 3.73. The van der Waals surface area contributed by atoms with E-state index in [9.17, 15) is 4.79 Å². The van der Waals surface area contributed by atoms with E-state index in [1.165, 1.54) is 18.2 Å². The average Bonchev–Trinajstić information content (AvgIpc) is 3.04. The Morgan fingerprint density at radius 2 is 1.96 bits per heavy atom. The van der Waals surface area contributed by atoms with Gasteiger partial charge in [-0.15, -0.1) is 10.2 Å². The fraction of sp³-hybridized carbons (Fsp3) is 0.500. The number of aromatic nitrogens is 3. The molecule has 6 nitrogen and oxygen atoms in total. The van der Waals surface area contributed by atoms with Crippen molar-refractivity contribution in [2.75, 3.05) is 12.9 Å². The van der Waals surface area contributed by atoms with Gasteiger partial charge in [0.2, 0.25) is 0 Å². The number of carbonyl (C=O) groups excluding carboxylic acids is 1. The number of benzene rings is 1. The van der Waals surface area contributed by atoms with Crippen molar-refractivity contribution in [2.24, 2.45) is 0 Å². The van der Waals surface area contributed by atoms with Crippen molar-refractivity contribution in [1.82, 2.24) is 14.8 Å². The second kappa shape index (κ2) is 9.01. The van der Waals surface area contributed by atoms with Crippen LogP contribution in [0.1, 0.15) is 37.9 Å². The Bertz CT molecular complexity index is 684. The monoisotopic (exact) mass is 361 g/mol. The van der Waals surface area contributed by atoms with Crippen LogP contribution in [0.4, 0.5) is 0 Å². The summed E-state index contributed by atoms with van der Waals surface area (Å²) in [7, 11) is 1.62. The van der Waals surface area contributed by atoms with E-state index in [1.54, 1.807) is 7.11 Å². The molecule has 1 fully saturated rings. The molecule has 1 aromatic carbocycles. The van der Waals surface area contributed by atoms with Gasteiger partial charge in [-0.2, -0.15) is 0 Å². The van der Waals surface area contributed by atoms with Crippen LogP contribution >= 0.6 is 11.8 Å². The van der Waals surface area contributed by atoms with E-state index in [1.807, 2.05) is 34.9 Å². The first-order valence-corrected chi connectivity index (χ1v) is 9.57. The minimum Gasteiger partial charge on any atom is -0.462 e. The number of hydrogen-bond donors (Lipinski definition) is 0. The maximum Gasteiger partial charge on any atom is 0.316 e. The van der Waals surface area contributed by atoms with Crippen LogP contribution in [-0.2, 0) is 20.9 Å². The normalized spacial score (nSPS) is 15.2. The van der Waals surface area contributed by atoms with Gasteiger partial charge in [0, 0.05) is 12.8 Å². The molecule has 1 aliphatic rings. The fourth-order valence-electron chi connectivity index (χ4n) is 2.98. The van der Waals surface area contributed by atoms with E-state index < -0.39 is 0 Å². The lowest BCUT2D eigenvalue weighted by Crippen LogP contribution is -2.22. The summed E-state index contributed by atoms with van der Waals surface area (Å²) in [6.45, 7) is 0.356. The zero-order valence-electron chi connectivity index (χ0n) is 14.4. The summed E-state index contributed by atoms with van der Waals surface area (Å²) in [5.41, 5.74) is 0.947. The van der Waals surface area contributed by atoms with Gasteiger partial charge in [0.05, 0.1) is 5.75 Å².